The highest BCUT2D eigenvalue weighted by atomic mass is 16.5. The van der Waals surface area contributed by atoms with Gasteiger partial charge in [0.05, 0.1) is 6.61 Å². The average molecular weight is 205 g/mol. The van der Waals surface area contributed by atoms with Gasteiger partial charge in [-0.1, -0.05) is 62.9 Å². The van der Waals surface area contributed by atoms with Gasteiger partial charge in [-0.05, 0) is 12.0 Å². The molecule has 0 aliphatic heterocycles. The molecule has 1 heteroatoms. The molecule has 0 fully saturated rings. The standard InChI is InChI=1S/C14H21O/c1-2-3-4-5-9-12-15-13-14-10-7-6-8-11-14/h6-8,10-11H,1-5,9,12-13H2. The van der Waals surface area contributed by atoms with Crippen LogP contribution in [0.4, 0.5) is 0 Å². The van der Waals surface area contributed by atoms with E-state index in [4.69, 9.17) is 4.74 Å². The third-order valence-corrected chi connectivity index (χ3v) is 2.40. The molecule has 0 N–H and O–H groups in total. The summed E-state index contributed by atoms with van der Waals surface area (Å²) in [5.41, 5.74) is 1.26. The van der Waals surface area contributed by atoms with Crippen LogP contribution in [0.1, 0.15) is 37.7 Å². The normalized spacial score (nSPS) is 10.5. The SMILES string of the molecule is [CH2]CCCCCCOCc1ccccc1. The molecule has 0 amide bonds. The molecule has 0 saturated carbocycles. The lowest BCUT2D eigenvalue weighted by Crippen LogP contribution is -1.95. The smallest absolute Gasteiger partial charge is 0.0716 e. The first kappa shape index (κ1) is 12.3. The summed E-state index contributed by atoms with van der Waals surface area (Å²) < 4.78 is 5.58. The van der Waals surface area contributed by atoms with Gasteiger partial charge >= 0.3 is 0 Å². The van der Waals surface area contributed by atoms with Gasteiger partial charge in [-0.15, -0.1) is 0 Å². The third-order valence-electron chi connectivity index (χ3n) is 2.40. The molecule has 0 heterocycles. The molecule has 0 atom stereocenters. The highest BCUT2D eigenvalue weighted by Crippen LogP contribution is 2.04. The minimum Gasteiger partial charge on any atom is -0.377 e. The van der Waals surface area contributed by atoms with Crippen molar-refractivity contribution >= 4 is 0 Å². The summed E-state index contributed by atoms with van der Waals surface area (Å²) >= 11 is 0. The van der Waals surface area contributed by atoms with E-state index < -0.39 is 0 Å². The van der Waals surface area contributed by atoms with Gasteiger partial charge in [-0.25, -0.2) is 0 Å². The topological polar surface area (TPSA) is 9.23 Å². The van der Waals surface area contributed by atoms with E-state index in [1.54, 1.807) is 0 Å². The van der Waals surface area contributed by atoms with Crippen LogP contribution in [0.15, 0.2) is 30.3 Å². The van der Waals surface area contributed by atoms with Crippen molar-refractivity contribution in [3.8, 4) is 0 Å². The Hall–Kier alpha value is -0.820. The molecule has 1 aromatic rings. The molecule has 0 aromatic heterocycles. The van der Waals surface area contributed by atoms with Crippen LogP contribution < -0.4 is 0 Å². The van der Waals surface area contributed by atoms with E-state index in [0.29, 0.717) is 0 Å². The van der Waals surface area contributed by atoms with Gasteiger partial charge in [0.25, 0.3) is 0 Å². The quantitative estimate of drug-likeness (QED) is 0.583. The van der Waals surface area contributed by atoms with Gasteiger partial charge in [0.1, 0.15) is 0 Å². The Labute approximate surface area is 93.5 Å². The molecule has 0 unspecified atom stereocenters. The van der Waals surface area contributed by atoms with Crippen LogP contribution in [0.2, 0.25) is 0 Å². The Morgan fingerprint density at radius 2 is 1.67 bits per heavy atom. The molecule has 0 saturated heterocycles. The number of hydrogen-bond acceptors (Lipinski definition) is 1. The summed E-state index contributed by atoms with van der Waals surface area (Å²) in [7, 11) is 0. The predicted molar refractivity (Wildman–Crippen MR) is 64.5 cm³/mol. The van der Waals surface area contributed by atoms with Crippen LogP contribution in [0.25, 0.3) is 0 Å². The van der Waals surface area contributed by atoms with Gasteiger partial charge in [0.15, 0.2) is 0 Å². The first-order chi connectivity index (χ1) is 7.43. The Morgan fingerprint density at radius 1 is 0.933 bits per heavy atom. The lowest BCUT2D eigenvalue weighted by Gasteiger charge is -2.03. The van der Waals surface area contributed by atoms with Crippen LogP contribution in [0, 0.1) is 6.92 Å². The molecule has 15 heavy (non-hydrogen) atoms. The molecule has 0 aliphatic rings. The van der Waals surface area contributed by atoms with Crippen LogP contribution >= 0.6 is 0 Å². The zero-order chi connectivity index (χ0) is 10.8. The maximum atomic E-state index is 5.58. The number of unbranched alkanes of at least 4 members (excludes halogenated alkanes) is 4. The number of rotatable bonds is 8. The number of benzene rings is 1. The van der Waals surface area contributed by atoms with Gasteiger partial charge in [-0.3, -0.25) is 0 Å². The lowest BCUT2D eigenvalue weighted by atomic mass is 10.2. The van der Waals surface area contributed by atoms with E-state index >= 15 is 0 Å². The summed E-state index contributed by atoms with van der Waals surface area (Å²) in [5, 5.41) is 0. The van der Waals surface area contributed by atoms with Crippen LogP contribution in [-0.2, 0) is 11.3 Å². The van der Waals surface area contributed by atoms with Crippen molar-refractivity contribution in [3.63, 3.8) is 0 Å². The fraction of sp³-hybridized carbons (Fsp3) is 0.500. The summed E-state index contributed by atoms with van der Waals surface area (Å²) in [6.45, 7) is 5.46. The van der Waals surface area contributed by atoms with E-state index in [2.05, 4.69) is 19.1 Å². The Kier molecular flexibility index (Phi) is 6.93. The highest BCUT2D eigenvalue weighted by Gasteiger charge is 1.92. The first-order valence-electron chi connectivity index (χ1n) is 5.84. The first-order valence-corrected chi connectivity index (χ1v) is 5.84. The summed E-state index contributed by atoms with van der Waals surface area (Å²) in [5.74, 6) is 0. The molecule has 0 aliphatic carbocycles. The Balaban J connectivity index is 1.93. The predicted octanol–water partition coefficient (Wildman–Crippen LogP) is 3.99. The fourth-order valence-corrected chi connectivity index (χ4v) is 1.50. The van der Waals surface area contributed by atoms with Crippen molar-refractivity contribution in [3.05, 3.63) is 42.8 Å². The second-order valence-corrected chi connectivity index (χ2v) is 3.81. The Morgan fingerprint density at radius 3 is 2.40 bits per heavy atom. The zero-order valence-electron chi connectivity index (χ0n) is 9.45. The third kappa shape index (κ3) is 6.29. The number of ether oxygens (including phenoxy) is 1. The van der Waals surface area contributed by atoms with Crippen LogP contribution in [0.3, 0.4) is 0 Å². The number of hydrogen-bond donors (Lipinski definition) is 0. The van der Waals surface area contributed by atoms with E-state index in [1.807, 2.05) is 18.2 Å². The van der Waals surface area contributed by atoms with Gasteiger partial charge in [0.2, 0.25) is 0 Å². The van der Waals surface area contributed by atoms with Crippen molar-refractivity contribution < 1.29 is 4.74 Å². The van der Waals surface area contributed by atoms with Crippen LogP contribution in [0.5, 0.6) is 0 Å². The molecule has 1 rings (SSSR count). The lowest BCUT2D eigenvalue weighted by molar-refractivity contribution is 0.117. The van der Waals surface area contributed by atoms with Crippen molar-refractivity contribution in [1.82, 2.24) is 0 Å². The van der Waals surface area contributed by atoms with E-state index in [-0.39, 0.29) is 0 Å². The second kappa shape index (κ2) is 8.49. The molecular formula is C14H21O. The summed E-state index contributed by atoms with van der Waals surface area (Å²) in [6.07, 6.45) is 6.04. The molecular weight excluding hydrogens is 184 g/mol. The average Bonchev–Trinajstić information content (AvgIpc) is 2.29. The maximum Gasteiger partial charge on any atom is 0.0716 e. The minimum atomic E-state index is 0.746. The second-order valence-electron chi connectivity index (χ2n) is 3.81. The molecule has 1 radical (unpaired) electrons. The molecule has 0 spiro atoms. The fourth-order valence-electron chi connectivity index (χ4n) is 1.50. The van der Waals surface area contributed by atoms with E-state index in [9.17, 15) is 0 Å². The van der Waals surface area contributed by atoms with Crippen molar-refractivity contribution in [2.45, 2.75) is 38.7 Å². The van der Waals surface area contributed by atoms with Gasteiger partial charge < -0.3 is 4.74 Å². The Bertz CT molecular complexity index is 230. The van der Waals surface area contributed by atoms with Gasteiger partial charge in [-0.2, -0.15) is 0 Å². The molecule has 83 valence electrons. The summed E-state index contributed by atoms with van der Waals surface area (Å²) in [4.78, 5) is 0. The van der Waals surface area contributed by atoms with Crippen molar-refractivity contribution in [2.24, 2.45) is 0 Å². The minimum absolute atomic E-state index is 0.746. The van der Waals surface area contributed by atoms with Crippen molar-refractivity contribution in [1.29, 1.82) is 0 Å². The van der Waals surface area contributed by atoms with E-state index in [0.717, 1.165) is 19.6 Å². The molecule has 1 nitrogen and oxygen atoms in total. The van der Waals surface area contributed by atoms with Gasteiger partial charge in [0, 0.05) is 6.61 Å². The van der Waals surface area contributed by atoms with Crippen molar-refractivity contribution in [2.75, 3.05) is 6.61 Å². The molecule has 1 aromatic carbocycles. The van der Waals surface area contributed by atoms with E-state index in [1.165, 1.54) is 31.2 Å². The zero-order valence-corrected chi connectivity index (χ0v) is 9.45. The largest absolute Gasteiger partial charge is 0.377 e. The maximum absolute atomic E-state index is 5.58. The summed E-state index contributed by atoms with van der Waals surface area (Å²) in [6, 6.07) is 10.3. The highest BCUT2D eigenvalue weighted by molar-refractivity contribution is 5.13. The van der Waals surface area contributed by atoms with Crippen LogP contribution in [-0.4, -0.2) is 6.61 Å². The molecule has 0 bridgehead atoms. The monoisotopic (exact) mass is 205 g/mol.